The molecule has 0 aliphatic carbocycles. The lowest BCUT2D eigenvalue weighted by Crippen LogP contribution is -2.26. The first kappa shape index (κ1) is 20.7. The first-order valence-electron chi connectivity index (χ1n) is 8.88. The van der Waals surface area contributed by atoms with Crippen molar-refractivity contribution in [2.75, 3.05) is 6.54 Å². The summed E-state index contributed by atoms with van der Waals surface area (Å²) >= 11 is 0. The van der Waals surface area contributed by atoms with E-state index < -0.39 is 16.4 Å². The molecule has 0 amide bonds. The first-order chi connectivity index (χ1) is 13.9. The Labute approximate surface area is 168 Å². The Morgan fingerprint density at radius 3 is 2.55 bits per heavy atom. The number of halogens is 1. The van der Waals surface area contributed by atoms with Crippen LogP contribution in [0.5, 0.6) is 0 Å². The van der Waals surface area contributed by atoms with Crippen molar-refractivity contribution >= 4 is 10.7 Å². The largest absolute Gasteiger partial charge is 0.350 e. The van der Waals surface area contributed by atoms with Crippen LogP contribution >= 0.6 is 0 Å². The number of benzene rings is 2. The van der Waals surface area contributed by atoms with Crippen LogP contribution in [0.15, 0.2) is 65.5 Å². The Morgan fingerprint density at radius 2 is 1.93 bits per heavy atom. The van der Waals surface area contributed by atoms with Gasteiger partial charge in [0.1, 0.15) is 17.0 Å². The molecule has 0 fully saturated rings. The smallest absolute Gasteiger partial charge is 0.327 e. The lowest BCUT2D eigenvalue weighted by atomic mass is 9.98. The van der Waals surface area contributed by atoms with Gasteiger partial charge in [-0.05, 0) is 40.8 Å². The van der Waals surface area contributed by atoms with Crippen molar-refractivity contribution in [1.29, 1.82) is 0 Å². The van der Waals surface area contributed by atoms with Crippen LogP contribution in [0, 0.1) is 6.92 Å². The Kier molecular flexibility index (Phi) is 6.40. The summed E-state index contributed by atoms with van der Waals surface area (Å²) in [6.45, 7) is 1.88. The quantitative estimate of drug-likeness (QED) is 0.574. The third kappa shape index (κ3) is 4.52. The highest BCUT2D eigenvalue weighted by atomic mass is 32.2. The van der Waals surface area contributed by atoms with Gasteiger partial charge < -0.3 is 5.73 Å². The first-order valence-corrected chi connectivity index (χ1v) is 10.2. The molecule has 1 aromatic heterocycles. The molecule has 9 heteroatoms. The average molecular weight is 416 g/mol. The van der Waals surface area contributed by atoms with Crippen LogP contribution in [0.25, 0.3) is 16.8 Å². The highest BCUT2D eigenvalue weighted by molar-refractivity contribution is 7.71. The van der Waals surface area contributed by atoms with Gasteiger partial charge in [-0.25, -0.2) is 26.9 Å². The van der Waals surface area contributed by atoms with Gasteiger partial charge in [-0.15, -0.1) is 0 Å². The number of aromatic nitrogens is 3. The van der Waals surface area contributed by atoms with Gasteiger partial charge in [0.25, 0.3) is 0 Å². The molecule has 152 valence electrons. The van der Waals surface area contributed by atoms with Crippen LogP contribution in [0.1, 0.15) is 11.1 Å². The summed E-state index contributed by atoms with van der Waals surface area (Å²) in [7, 11) is -2.48. The molecule has 29 heavy (non-hydrogen) atoms. The normalized spacial score (nSPS) is 11.9. The van der Waals surface area contributed by atoms with Crippen molar-refractivity contribution in [3.8, 4) is 16.8 Å². The Balaban J connectivity index is 1.98. The topological polar surface area (TPSA) is 100.0 Å². The average Bonchev–Trinajstić information content (AvgIpc) is 3.06. The molecule has 0 saturated heterocycles. The third-order valence-corrected chi connectivity index (χ3v) is 5.27. The minimum Gasteiger partial charge on any atom is -0.327 e. The SMILES string of the molecule is Cc1c(-c2ccc(C[SH](=O)=O)cc2)cccc1-n1cnn(C/C(=C/F)CN)c1=O. The number of thiol groups is 1. The molecule has 2 N–H and O–H groups in total. The molecule has 2 aromatic carbocycles. The summed E-state index contributed by atoms with van der Waals surface area (Å²) in [5.41, 5.74) is 9.37. The fourth-order valence-corrected chi connectivity index (χ4v) is 3.59. The second kappa shape index (κ2) is 8.97. The Bertz CT molecular complexity index is 1170. The molecule has 0 radical (unpaired) electrons. The van der Waals surface area contributed by atoms with Crippen LogP contribution in [0.2, 0.25) is 0 Å². The van der Waals surface area contributed by atoms with E-state index in [-0.39, 0.29) is 24.4 Å². The van der Waals surface area contributed by atoms with Crippen molar-refractivity contribution in [2.24, 2.45) is 5.73 Å². The van der Waals surface area contributed by atoms with Gasteiger partial charge in [-0.3, -0.25) is 0 Å². The van der Waals surface area contributed by atoms with Crippen LogP contribution in [0.3, 0.4) is 0 Å². The molecule has 7 nitrogen and oxygen atoms in total. The van der Waals surface area contributed by atoms with Gasteiger partial charge in [0, 0.05) is 6.54 Å². The van der Waals surface area contributed by atoms with Crippen LogP contribution < -0.4 is 11.4 Å². The van der Waals surface area contributed by atoms with Crippen LogP contribution in [0.4, 0.5) is 4.39 Å². The molecule has 3 aromatic rings. The fourth-order valence-electron chi connectivity index (χ4n) is 3.08. The van der Waals surface area contributed by atoms with Gasteiger partial charge in [-0.1, -0.05) is 36.4 Å². The number of nitrogens with zero attached hydrogens (tertiary/aromatic N) is 3. The second-order valence-electron chi connectivity index (χ2n) is 6.55. The second-order valence-corrected chi connectivity index (χ2v) is 7.53. The molecule has 0 saturated carbocycles. The van der Waals surface area contributed by atoms with E-state index in [9.17, 15) is 17.6 Å². The van der Waals surface area contributed by atoms with Crippen LogP contribution in [-0.4, -0.2) is 29.3 Å². The zero-order valence-corrected chi connectivity index (χ0v) is 16.7. The summed E-state index contributed by atoms with van der Waals surface area (Å²) in [6, 6.07) is 12.8. The lowest BCUT2D eigenvalue weighted by molar-refractivity contribution is 0.612. The zero-order valence-electron chi connectivity index (χ0n) is 15.8. The van der Waals surface area contributed by atoms with Crippen molar-refractivity contribution < 1.29 is 12.8 Å². The standard InChI is InChI=1S/C20H21FN4O3S/c1-14-18(17-7-5-15(6-8-17)12-29(27)28)3-2-4-19(14)24-13-23-25(20(24)26)11-16(9-21)10-22/h2-9,13,29H,10-12,22H2,1H3/b16-9+. The van der Waals surface area contributed by atoms with E-state index >= 15 is 0 Å². The maximum Gasteiger partial charge on any atom is 0.350 e. The Morgan fingerprint density at radius 1 is 1.21 bits per heavy atom. The predicted molar refractivity (Wildman–Crippen MR) is 110 cm³/mol. The van der Waals surface area contributed by atoms with Crippen molar-refractivity contribution in [2.45, 2.75) is 19.2 Å². The van der Waals surface area contributed by atoms with E-state index in [2.05, 4.69) is 5.10 Å². The maximum absolute atomic E-state index is 12.8. The summed E-state index contributed by atoms with van der Waals surface area (Å²) < 4.78 is 37.1. The van der Waals surface area contributed by atoms with E-state index in [1.165, 1.54) is 10.9 Å². The third-order valence-electron chi connectivity index (χ3n) is 4.64. The zero-order chi connectivity index (χ0) is 21.0. The summed E-state index contributed by atoms with van der Waals surface area (Å²) in [6.07, 6.45) is 1.79. The Hall–Kier alpha value is -3.04. The highest BCUT2D eigenvalue weighted by Gasteiger charge is 2.13. The minimum atomic E-state index is -2.48. The van der Waals surface area contributed by atoms with Gasteiger partial charge in [-0.2, -0.15) is 5.10 Å². The van der Waals surface area contributed by atoms with Gasteiger partial charge in [0.2, 0.25) is 0 Å². The highest BCUT2D eigenvalue weighted by Crippen LogP contribution is 2.27. The molecular weight excluding hydrogens is 395 g/mol. The molecule has 0 atom stereocenters. The maximum atomic E-state index is 12.8. The van der Waals surface area contributed by atoms with Crippen molar-refractivity contribution in [1.82, 2.24) is 14.3 Å². The molecule has 0 spiro atoms. The van der Waals surface area contributed by atoms with E-state index in [1.54, 1.807) is 18.2 Å². The van der Waals surface area contributed by atoms with Crippen molar-refractivity contribution in [3.63, 3.8) is 0 Å². The number of hydrogen-bond acceptors (Lipinski definition) is 5. The van der Waals surface area contributed by atoms with Gasteiger partial charge >= 0.3 is 5.69 Å². The molecule has 0 bridgehead atoms. The molecule has 0 unspecified atom stereocenters. The van der Waals surface area contributed by atoms with Crippen molar-refractivity contribution in [3.05, 3.63) is 82.3 Å². The molecule has 3 rings (SSSR count). The number of nitrogens with two attached hydrogens (primary N) is 1. The monoisotopic (exact) mass is 416 g/mol. The summed E-state index contributed by atoms with van der Waals surface area (Å²) in [4.78, 5) is 12.7. The molecule has 1 heterocycles. The van der Waals surface area contributed by atoms with Crippen LogP contribution in [-0.2, 0) is 23.0 Å². The molecular formula is C20H21FN4O3S. The minimum absolute atomic E-state index is 0.000897. The lowest BCUT2D eigenvalue weighted by Gasteiger charge is -2.12. The van der Waals surface area contributed by atoms with E-state index in [0.29, 0.717) is 17.6 Å². The number of rotatable bonds is 7. The summed E-state index contributed by atoms with van der Waals surface area (Å²) in [5.74, 6) is 0.00132. The fraction of sp³-hybridized carbons (Fsp3) is 0.200. The number of hydrogen-bond donors (Lipinski definition) is 2. The van der Waals surface area contributed by atoms with E-state index in [1.807, 2.05) is 31.2 Å². The summed E-state index contributed by atoms with van der Waals surface area (Å²) in [5, 5.41) is 4.06. The van der Waals surface area contributed by atoms with Gasteiger partial charge in [0.05, 0.1) is 24.3 Å². The molecule has 0 aliphatic rings. The van der Waals surface area contributed by atoms with E-state index in [0.717, 1.165) is 21.4 Å². The van der Waals surface area contributed by atoms with Gasteiger partial charge in [0.15, 0.2) is 0 Å². The predicted octanol–water partition coefficient (Wildman–Crippen LogP) is 1.93. The van der Waals surface area contributed by atoms with E-state index in [4.69, 9.17) is 5.73 Å². The molecule has 0 aliphatic heterocycles.